The highest BCUT2D eigenvalue weighted by Gasteiger charge is 2.04. The fraction of sp³-hybridized carbons (Fsp3) is 0.125. The number of benzene rings is 1. The molecule has 0 unspecified atom stereocenters. The summed E-state index contributed by atoms with van der Waals surface area (Å²) in [7, 11) is 5.23. The molecule has 12 heavy (non-hydrogen) atoms. The van der Waals surface area contributed by atoms with Crippen molar-refractivity contribution in [2.24, 2.45) is 0 Å². The van der Waals surface area contributed by atoms with E-state index in [1.807, 2.05) is 25.1 Å². The van der Waals surface area contributed by atoms with Gasteiger partial charge in [0.2, 0.25) is 7.98 Å². The first-order valence-electron chi connectivity index (χ1n) is 3.64. The van der Waals surface area contributed by atoms with Crippen molar-refractivity contribution in [3.8, 4) is 0 Å². The quantitative estimate of drug-likeness (QED) is 0.640. The number of aromatic nitrogens is 1. The summed E-state index contributed by atoms with van der Waals surface area (Å²) in [6.07, 6.45) is 0. The van der Waals surface area contributed by atoms with E-state index in [0.29, 0.717) is 5.82 Å². The van der Waals surface area contributed by atoms with Crippen molar-refractivity contribution in [2.45, 2.75) is 6.92 Å². The second-order valence-corrected chi connectivity index (χ2v) is 2.68. The summed E-state index contributed by atoms with van der Waals surface area (Å²) in [6.45, 7) is 2.00. The molecule has 0 saturated heterocycles. The molecule has 1 heterocycles. The number of anilines is 1. The van der Waals surface area contributed by atoms with E-state index in [4.69, 9.17) is 12.5 Å². The first kappa shape index (κ1) is 7.22. The number of hydrogen-bond acceptors (Lipinski definition) is 3. The third kappa shape index (κ3) is 0.960. The summed E-state index contributed by atoms with van der Waals surface area (Å²) in [5, 5.41) is 7.11. The lowest BCUT2D eigenvalue weighted by Gasteiger charge is -1.92. The van der Waals surface area contributed by atoms with Crippen LogP contribution in [-0.4, -0.2) is 13.1 Å². The summed E-state index contributed by atoms with van der Waals surface area (Å²) in [5.41, 5.74) is 1.89. The summed E-state index contributed by atoms with van der Waals surface area (Å²) in [6, 6.07) is 5.83. The average Bonchev–Trinajstić information content (AvgIpc) is 2.46. The van der Waals surface area contributed by atoms with Crippen LogP contribution >= 0.6 is 0 Å². The predicted octanol–water partition coefficient (Wildman–Crippen LogP) is 1.63. The minimum atomic E-state index is 0.574. The van der Waals surface area contributed by atoms with Gasteiger partial charge < -0.3 is 9.75 Å². The van der Waals surface area contributed by atoms with Crippen LogP contribution in [0.1, 0.15) is 5.56 Å². The van der Waals surface area contributed by atoms with Crippen molar-refractivity contribution < 1.29 is 4.52 Å². The van der Waals surface area contributed by atoms with Crippen molar-refractivity contribution in [1.29, 1.82) is 0 Å². The van der Waals surface area contributed by atoms with Gasteiger partial charge in [-0.05, 0) is 24.6 Å². The molecule has 0 atom stereocenters. The van der Waals surface area contributed by atoms with Crippen molar-refractivity contribution in [3.63, 3.8) is 0 Å². The maximum absolute atomic E-state index is 5.23. The first-order chi connectivity index (χ1) is 5.81. The number of rotatable bonds is 1. The van der Waals surface area contributed by atoms with E-state index in [9.17, 15) is 0 Å². The van der Waals surface area contributed by atoms with E-state index in [0.717, 1.165) is 16.5 Å². The van der Waals surface area contributed by atoms with Crippen LogP contribution in [0.3, 0.4) is 0 Å². The second kappa shape index (κ2) is 2.55. The molecule has 1 N–H and O–H groups in total. The zero-order valence-electron chi connectivity index (χ0n) is 6.66. The normalized spacial score (nSPS) is 10.4. The third-order valence-corrected chi connectivity index (χ3v) is 1.76. The van der Waals surface area contributed by atoms with Crippen molar-refractivity contribution in [3.05, 3.63) is 23.8 Å². The van der Waals surface area contributed by atoms with E-state index in [1.165, 1.54) is 0 Å². The van der Waals surface area contributed by atoms with E-state index in [1.54, 1.807) is 0 Å². The maximum Gasteiger partial charge on any atom is 0.224 e. The lowest BCUT2D eigenvalue weighted by molar-refractivity contribution is 0.460. The minimum Gasteiger partial charge on any atom is -0.419 e. The molecule has 0 aliphatic carbocycles. The zero-order chi connectivity index (χ0) is 8.55. The molecule has 58 valence electrons. The number of fused-ring (bicyclic) bond motifs is 1. The van der Waals surface area contributed by atoms with Gasteiger partial charge in [0.15, 0.2) is 11.4 Å². The Balaban J connectivity index is 2.73. The smallest absolute Gasteiger partial charge is 0.224 e. The molecule has 2 aromatic rings. The molecule has 2 rings (SSSR count). The van der Waals surface area contributed by atoms with Crippen LogP contribution in [0.4, 0.5) is 5.82 Å². The molecule has 0 aliphatic rings. The van der Waals surface area contributed by atoms with Crippen LogP contribution < -0.4 is 5.23 Å². The molecule has 1 aromatic carbocycles. The van der Waals surface area contributed by atoms with Gasteiger partial charge in [0.25, 0.3) is 0 Å². The molecule has 3 nitrogen and oxygen atoms in total. The van der Waals surface area contributed by atoms with Crippen LogP contribution in [0.2, 0.25) is 0 Å². The van der Waals surface area contributed by atoms with E-state index < -0.39 is 0 Å². The Hall–Kier alpha value is -1.45. The Morgan fingerprint density at radius 3 is 3.08 bits per heavy atom. The largest absolute Gasteiger partial charge is 0.419 e. The molecule has 2 radical (unpaired) electrons. The van der Waals surface area contributed by atoms with Gasteiger partial charge in [-0.25, -0.2) is 0 Å². The second-order valence-electron chi connectivity index (χ2n) is 2.68. The van der Waals surface area contributed by atoms with E-state index in [2.05, 4.69) is 10.4 Å². The van der Waals surface area contributed by atoms with Crippen LogP contribution in [-0.2, 0) is 0 Å². The topological polar surface area (TPSA) is 38.1 Å². The SMILES string of the molecule is [B]Nc1noc2cc(C)ccc12. The highest BCUT2D eigenvalue weighted by Crippen LogP contribution is 2.22. The number of hydrogen-bond donors (Lipinski definition) is 1. The maximum atomic E-state index is 5.23. The van der Waals surface area contributed by atoms with Crippen LogP contribution in [0.15, 0.2) is 22.7 Å². The zero-order valence-corrected chi connectivity index (χ0v) is 6.66. The fourth-order valence-electron chi connectivity index (χ4n) is 1.15. The summed E-state index contributed by atoms with van der Waals surface area (Å²) in [5.74, 6) is 0.574. The standard InChI is InChI=1S/C8H7BN2O/c1-5-2-3-6-7(4-5)12-11-8(6)10-9/h2-4H,1H3,(H,10,11). The lowest BCUT2D eigenvalue weighted by Crippen LogP contribution is -1.89. The van der Waals surface area contributed by atoms with Gasteiger partial charge in [0.05, 0.1) is 5.39 Å². The molecule has 0 bridgehead atoms. The Labute approximate surface area is 71.2 Å². The van der Waals surface area contributed by atoms with Gasteiger partial charge in [-0.1, -0.05) is 11.2 Å². The predicted molar refractivity (Wildman–Crippen MR) is 48.1 cm³/mol. The van der Waals surface area contributed by atoms with Gasteiger partial charge in [0, 0.05) is 0 Å². The highest BCUT2D eigenvalue weighted by atomic mass is 16.5. The fourth-order valence-corrected chi connectivity index (χ4v) is 1.15. The first-order valence-corrected chi connectivity index (χ1v) is 3.64. The van der Waals surface area contributed by atoms with E-state index in [-0.39, 0.29) is 0 Å². The van der Waals surface area contributed by atoms with Crippen LogP contribution in [0.5, 0.6) is 0 Å². The van der Waals surface area contributed by atoms with Crippen LogP contribution in [0, 0.1) is 6.92 Å². The molecular weight excluding hydrogens is 151 g/mol. The summed E-state index contributed by atoms with van der Waals surface area (Å²) < 4.78 is 5.03. The highest BCUT2D eigenvalue weighted by molar-refractivity contribution is 6.17. The third-order valence-electron chi connectivity index (χ3n) is 1.76. The number of aryl methyl sites for hydroxylation is 1. The monoisotopic (exact) mass is 158 g/mol. The molecule has 1 aromatic heterocycles. The Bertz CT molecular complexity index is 410. The molecule has 0 spiro atoms. The minimum absolute atomic E-state index is 0.574. The van der Waals surface area contributed by atoms with Crippen molar-refractivity contribution in [2.75, 3.05) is 5.23 Å². The van der Waals surface area contributed by atoms with Crippen molar-refractivity contribution >= 4 is 24.8 Å². The Morgan fingerprint density at radius 1 is 1.50 bits per heavy atom. The summed E-state index contributed by atoms with van der Waals surface area (Å²) in [4.78, 5) is 0. The Morgan fingerprint density at radius 2 is 2.33 bits per heavy atom. The van der Waals surface area contributed by atoms with Gasteiger partial charge >= 0.3 is 0 Å². The van der Waals surface area contributed by atoms with Gasteiger partial charge in [0.1, 0.15) is 0 Å². The molecule has 0 amide bonds. The molecule has 0 aliphatic heterocycles. The summed E-state index contributed by atoms with van der Waals surface area (Å²) >= 11 is 0. The number of nitrogens with one attached hydrogen (secondary N) is 1. The van der Waals surface area contributed by atoms with Gasteiger partial charge in [-0.2, -0.15) is 0 Å². The molecule has 0 fully saturated rings. The molecule has 0 saturated carbocycles. The average molecular weight is 158 g/mol. The van der Waals surface area contributed by atoms with Crippen LogP contribution in [0.25, 0.3) is 11.0 Å². The lowest BCUT2D eigenvalue weighted by atomic mass is 10.2. The van der Waals surface area contributed by atoms with Gasteiger partial charge in [-0.15, -0.1) is 0 Å². The molecule has 4 heteroatoms. The molecular formula is C8H7BN2O. The van der Waals surface area contributed by atoms with E-state index >= 15 is 0 Å². The van der Waals surface area contributed by atoms with Crippen molar-refractivity contribution in [1.82, 2.24) is 5.16 Å². The Kier molecular flexibility index (Phi) is 1.53. The number of nitrogens with zero attached hydrogens (tertiary/aromatic N) is 1. The van der Waals surface area contributed by atoms with Gasteiger partial charge in [-0.3, -0.25) is 0 Å².